The average Bonchev–Trinajstić information content (AvgIpc) is 2.92. The number of alkyl halides is 3. The Kier molecular flexibility index (Phi) is 10.8. The number of halogens is 3. The molecule has 0 radical (unpaired) electrons. The van der Waals surface area contributed by atoms with Crippen LogP contribution in [0.15, 0.2) is 84.3 Å². The van der Waals surface area contributed by atoms with Crippen LogP contribution in [-0.2, 0) is 27.9 Å². The van der Waals surface area contributed by atoms with E-state index in [0.29, 0.717) is 0 Å². The zero-order valence-electron chi connectivity index (χ0n) is 21.1. The lowest BCUT2D eigenvalue weighted by Gasteiger charge is -2.27. The summed E-state index contributed by atoms with van der Waals surface area (Å²) in [5.41, 5.74) is 5.30. The molecule has 0 aromatic heterocycles. The highest BCUT2D eigenvalue weighted by Gasteiger charge is 2.38. The van der Waals surface area contributed by atoms with Crippen molar-refractivity contribution in [1.29, 1.82) is 0 Å². The average molecular weight is 562 g/mol. The number of nitrogens with one attached hydrogen (secondary N) is 2. The van der Waals surface area contributed by atoms with Gasteiger partial charge in [0.25, 0.3) is 0 Å². The largest absolute Gasteiger partial charge is 0.490 e. The summed E-state index contributed by atoms with van der Waals surface area (Å²) in [6, 6.07) is 26.0. The van der Waals surface area contributed by atoms with Gasteiger partial charge in [-0.15, -0.1) is 0 Å². The van der Waals surface area contributed by atoms with Crippen LogP contribution < -0.4 is 10.0 Å². The van der Waals surface area contributed by atoms with Gasteiger partial charge in [-0.05, 0) is 46.0 Å². The van der Waals surface area contributed by atoms with Crippen LogP contribution in [0.5, 0.6) is 0 Å². The van der Waals surface area contributed by atoms with Crippen LogP contribution in [0.2, 0.25) is 0 Å². The van der Waals surface area contributed by atoms with Gasteiger partial charge >= 0.3 is 12.1 Å². The van der Waals surface area contributed by atoms with Crippen LogP contribution in [0, 0.1) is 0 Å². The first kappa shape index (κ1) is 30.0. The molecule has 3 aromatic carbocycles. The monoisotopic (exact) mass is 561 g/mol. The number of benzene rings is 3. The lowest BCUT2D eigenvalue weighted by atomic mass is 10.0. The number of carboxylic acids is 1. The van der Waals surface area contributed by atoms with E-state index in [2.05, 4.69) is 45.3 Å². The van der Waals surface area contributed by atoms with Crippen LogP contribution in [-0.4, -0.2) is 56.7 Å². The molecule has 0 atom stereocenters. The minimum Gasteiger partial charge on any atom is -0.475 e. The van der Waals surface area contributed by atoms with Gasteiger partial charge in [-0.25, -0.2) is 17.9 Å². The minimum atomic E-state index is -5.08. The molecular formula is C28H30F3N3O4S. The molecule has 1 saturated heterocycles. The lowest BCUT2D eigenvalue weighted by Crippen LogP contribution is -2.42. The Morgan fingerprint density at radius 3 is 2.08 bits per heavy atom. The van der Waals surface area contributed by atoms with Crippen LogP contribution in [0.4, 0.5) is 13.2 Å². The Balaban J connectivity index is 0.000000532. The number of carboxylic acid groups (broad SMARTS) is 1. The highest BCUT2D eigenvalue weighted by Crippen LogP contribution is 2.22. The van der Waals surface area contributed by atoms with Crippen molar-refractivity contribution < 1.29 is 31.5 Å². The van der Waals surface area contributed by atoms with E-state index < -0.39 is 22.2 Å². The Hall–Kier alpha value is -3.51. The predicted octanol–water partition coefficient (Wildman–Crippen LogP) is 4.48. The summed E-state index contributed by atoms with van der Waals surface area (Å²) in [6.45, 7) is 5.41. The Morgan fingerprint density at radius 2 is 1.49 bits per heavy atom. The van der Waals surface area contributed by atoms with E-state index in [1.807, 2.05) is 48.5 Å². The van der Waals surface area contributed by atoms with Crippen LogP contribution >= 0.6 is 0 Å². The smallest absolute Gasteiger partial charge is 0.475 e. The van der Waals surface area contributed by atoms with Gasteiger partial charge in [-0.3, -0.25) is 4.90 Å². The molecule has 11 heteroatoms. The van der Waals surface area contributed by atoms with E-state index in [1.54, 1.807) is 6.08 Å². The summed E-state index contributed by atoms with van der Waals surface area (Å²) in [7, 11) is -3.52. The quantitative estimate of drug-likeness (QED) is 0.375. The molecule has 1 heterocycles. The van der Waals surface area contributed by atoms with Crippen molar-refractivity contribution in [2.45, 2.75) is 19.3 Å². The van der Waals surface area contributed by atoms with Crippen molar-refractivity contribution in [1.82, 2.24) is 14.9 Å². The molecule has 0 spiro atoms. The first-order valence-corrected chi connectivity index (χ1v) is 13.7. The summed E-state index contributed by atoms with van der Waals surface area (Å²) in [5.74, 6) is -2.76. The maximum atomic E-state index is 12.4. The fourth-order valence-electron chi connectivity index (χ4n) is 3.80. The Bertz CT molecular complexity index is 1360. The van der Waals surface area contributed by atoms with Gasteiger partial charge in [0.2, 0.25) is 10.0 Å². The van der Waals surface area contributed by atoms with Crippen molar-refractivity contribution in [3.8, 4) is 11.1 Å². The standard InChI is InChI=1S/C26H29N3O2S.C2HF3O2/c30-32(31,17-12-22-6-2-1-3-7-22)28-20-23-8-4-10-25(18-23)26-11-5-9-24(19-26)21-29-15-13-27-14-16-29;3-2(4,5)1(6)7/h1-12,17-19,27-28H,13-16,20-21H2;(H,6,7)/b17-12+;. The maximum Gasteiger partial charge on any atom is 0.490 e. The van der Waals surface area contributed by atoms with Gasteiger partial charge in [-0.1, -0.05) is 66.7 Å². The zero-order chi connectivity index (χ0) is 28.3. The number of piperazine rings is 1. The molecule has 0 unspecified atom stereocenters. The van der Waals surface area contributed by atoms with Crippen LogP contribution in [0.1, 0.15) is 16.7 Å². The summed E-state index contributed by atoms with van der Waals surface area (Å²) < 4.78 is 59.1. The van der Waals surface area contributed by atoms with Gasteiger partial charge in [-0.2, -0.15) is 13.2 Å². The first-order chi connectivity index (χ1) is 18.5. The number of hydrogen-bond donors (Lipinski definition) is 3. The first-order valence-electron chi connectivity index (χ1n) is 12.2. The van der Waals surface area contributed by atoms with Crippen molar-refractivity contribution in [2.75, 3.05) is 26.2 Å². The molecule has 0 aliphatic carbocycles. The topological polar surface area (TPSA) is 98.7 Å². The van der Waals surface area contributed by atoms with E-state index in [-0.39, 0.29) is 6.54 Å². The van der Waals surface area contributed by atoms with E-state index in [0.717, 1.165) is 55.0 Å². The van der Waals surface area contributed by atoms with Crippen LogP contribution in [0.3, 0.4) is 0 Å². The SMILES string of the molecule is O=C(O)C(F)(F)F.O=S(=O)(/C=C/c1ccccc1)NCc1cccc(-c2cccc(CN3CCNCC3)c2)c1. The van der Waals surface area contributed by atoms with Gasteiger partial charge in [0.15, 0.2) is 0 Å². The highest BCUT2D eigenvalue weighted by atomic mass is 32.2. The Morgan fingerprint density at radius 1 is 0.923 bits per heavy atom. The molecule has 39 heavy (non-hydrogen) atoms. The molecule has 7 nitrogen and oxygen atoms in total. The molecule has 0 amide bonds. The molecular weight excluding hydrogens is 531 g/mol. The summed E-state index contributed by atoms with van der Waals surface area (Å²) in [5, 5.41) is 11.7. The molecule has 4 rings (SSSR count). The Labute approximate surface area is 226 Å². The molecule has 1 fully saturated rings. The molecule has 208 valence electrons. The fourth-order valence-corrected chi connectivity index (χ4v) is 4.60. The van der Waals surface area contributed by atoms with E-state index in [9.17, 15) is 21.6 Å². The normalized spacial score (nSPS) is 14.5. The number of aliphatic carboxylic acids is 1. The number of rotatable bonds is 8. The number of nitrogens with zero attached hydrogens (tertiary/aromatic N) is 1. The molecule has 1 aliphatic heterocycles. The van der Waals surface area contributed by atoms with E-state index >= 15 is 0 Å². The van der Waals surface area contributed by atoms with E-state index in [4.69, 9.17) is 9.90 Å². The third kappa shape index (κ3) is 10.6. The third-order valence-electron chi connectivity index (χ3n) is 5.76. The number of hydrogen-bond acceptors (Lipinski definition) is 5. The number of sulfonamides is 1. The molecule has 0 bridgehead atoms. The van der Waals surface area contributed by atoms with Gasteiger partial charge in [0.05, 0.1) is 0 Å². The molecule has 3 aromatic rings. The summed E-state index contributed by atoms with van der Waals surface area (Å²) in [4.78, 5) is 11.4. The van der Waals surface area contributed by atoms with Crippen molar-refractivity contribution in [3.05, 3.63) is 101 Å². The van der Waals surface area contributed by atoms with E-state index in [1.165, 1.54) is 11.0 Å². The lowest BCUT2D eigenvalue weighted by molar-refractivity contribution is -0.192. The fraction of sp³-hybridized carbons (Fsp3) is 0.250. The van der Waals surface area contributed by atoms with Crippen molar-refractivity contribution >= 4 is 22.1 Å². The molecule has 1 aliphatic rings. The van der Waals surface area contributed by atoms with Gasteiger partial charge < -0.3 is 10.4 Å². The molecule has 3 N–H and O–H groups in total. The summed E-state index contributed by atoms with van der Waals surface area (Å²) >= 11 is 0. The van der Waals surface area contributed by atoms with Gasteiger partial charge in [0.1, 0.15) is 0 Å². The van der Waals surface area contributed by atoms with Gasteiger partial charge in [0, 0.05) is 44.7 Å². The molecule has 0 saturated carbocycles. The second-order valence-corrected chi connectivity index (χ2v) is 10.5. The minimum absolute atomic E-state index is 0.246. The van der Waals surface area contributed by atoms with Crippen molar-refractivity contribution in [3.63, 3.8) is 0 Å². The third-order valence-corrected chi connectivity index (χ3v) is 6.80. The predicted molar refractivity (Wildman–Crippen MR) is 145 cm³/mol. The highest BCUT2D eigenvalue weighted by molar-refractivity contribution is 7.92. The van der Waals surface area contributed by atoms with Crippen LogP contribution in [0.25, 0.3) is 17.2 Å². The maximum absolute atomic E-state index is 12.4. The van der Waals surface area contributed by atoms with Crippen molar-refractivity contribution in [2.24, 2.45) is 0 Å². The summed E-state index contributed by atoms with van der Waals surface area (Å²) in [6.07, 6.45) is -3.48. The number of carbonyl (C=O) groups is 1. The zero-order valence-corrected chi connectivity index (χ0v) is 21.9. The second kappa shape index (κ2) is 14.0. The second-order valence-electron chi connectivity index (χ2n) is 8.81.